The molecule has 0 aromatic heterocycles. The molecule has 2 heterocycles. The van der Waals surface area contributed by atoms with Crippen molar-refractivity contribution in [1.29, 1.82) is 0 Å². The van der Waals surface area contributed by atoms with Crippen LogP contribution in [0.15, 0.2) is 6.07 Å². The van der Waals surface area contributed by atoms with Crippen LogP contribution in [-0.2, 0) is 10.2 Å². The van der Waals surface area contributed by atoms with Gasteiger partial charge in [0.1, 0.15) is 0 Å². The second-order valence-corrected chi connectivity index (χ2v) is 9.24. The zero-order valence-corrected chi connectivity index (χ0v) is 16.6. The molecule has 0 N–H and O–H groups in total. The Kier molecular flexibility index (Phi) is 3.88. The number of hydrogen-bond acceptors (Lipinski definition) is 3. The molecule has 0 amide bonds. The highest BCUT2D eigenvalue weighted by molar-refractivity contribution is 5.62. The third-order valence-electron chi connectivity index (χ3n) is 7.22. The van der Waals surface area contributed by atoms with Crippen molar-refractivity contribution < 1.29 is 14.2 Å². The minimum Gasteiger partial charge on any atom is -0.493 e. The largest absolute Gasteiger partial charge is 0.493 e. The van der Waals surface area contributed by atoms with Crippen molar-refractivity contribution >= 4 is 0 Å². The van der Waals surface area contributed by atoms with E-state index in [1.165, 1.54) is 36.0 Å². The molecule has 2 aliphatic heterocycles. The first-order valence-electron chi connectivity index (χ1n) is 9.76. The Balaban J connectivity index is 2.00. The fourth-order valence-corrected chi connectivity index (χ4v) is 6.08. The summed E-state index contributed by atoms with van der Waals surface area (Å²) in [7, 11) is 3.57. The number of benzene rings is 1. The molecule has 1 aromatic carbocycles. The molecule has 1 aromatic rings. The highest BCUT2D eigenvalue weighted by Crippen LogP contribution is 2.66. The van der Waals surface area contributed by atoms with Gasteiger partial charge in [-0.05, 0) is 48.1 Å². The van der Waals surface area contributed by atoms with Gasteiger partial charge in [0.25, 0.3) is 0 Å². The fraction of sp³-hybridized carbons (Fsp3) is 0.727. The van der Waals surface area contributed by atoms with Crippen LogP contribution in [0.2, 0.25) is 0 Å². The van der Waals surface area contributed by atoms with E-state index in [1.807, 2.05) is 0 Å². The Morgan fingerprint density at radius 2 is 1.84 bits per heavy atom. The van der Waals surface area contributed by atoms with Crippen molar-refractivity contribution in [3.8, 4) is 11.5 Å². The van der Waals surface area contributed by atoms with Gasteiger partial charge in [-0.15, -0.1) is 0 Å². The maximum atomic E-state index is 6.37. The summed E-state index contributed by atoms with van der Waals surface area (Å²) in [5, 5.41) is 0. The van der Waals surface area contributed by atoms with E-state index in [9.17, 15) is 0 Å². The smallest absolute Gasteiger partial charge is 0.165 e. The van der Waals surface area contributed by atoms with E-state index in [0.717, 1.165) is 24.5 Å². The van der Waals surface area contributed by atoms with E-state index >= 15 is 0 Å². The monoisotopic (exact) mass is 344 g/mol. The zero-order chi connectivity index (χ0) is 18.0. The molecular formula is C22H32O3. The van der Waals surface area contributed by atoms with Crippen molar-refractivity contribution in [2.45, 2.75) is 70.8 Å². The lowest BCUT2D eigenvalue weighted by Gasteiger charge is -2.60. The van der Waals surface area contributed by atoms with Gasteiger partial charge in [0, 0.05) is 16.5 Å². The minimum absolute atomic E-state index is 0.0833. The highest BCUT2D eigenvalue weighted by atomic mass is 16.5. The first kappa shape index (κ1) is 17.2. The molecule has 5 rings (SSSR count). The molecule has 1 saturated carbocycles. The van der Waals surface area contributed by atoms with E-state index in [4.69, 9.17) is 14.2 Å². The third kappa shape index (κ3) is 2.21. The molecule has 3 heteroatoms. The quantitative estimate of drug-likeness (QED) is 0.738. The van der Waals surface area contributed by atoms with Gasteiger partial charge in [-0.1, -0.05) is 34.1 Å². The SMILES string of the molecule is COc1c(C(C)C)cc2c(c1OC)[C@@]13CCCC(C)(C)[C@@H]1C[C@@H]2OC3. The maximum Gasteiger partial charge on any atom is 0.165 e. The van der Waals surface area contributed by atoms with Gasteiger partial charge in [0.15, 0.2) is 11.5 Å². The van der Waals surface area contributed by atoms with E-state index in [2.05, 4.69) is 33.8 Å². The van der Waals surface area contributed by atoms with Crippen LogP contribution >= 0.6 is 0 Å². The summed E-state index contributed by atoms with van der Waals surface area (Å²) < 4.78 is 18.2. The number of fused-ring (bicyclic) bond motifs is 1. The molecule has 4 aliphatic rings. The van der Waals surface area contributed by atoms with Gasteiger partial charge in [0.2, 0.25) is 0 Å². The normalized spacial score (nSPS) is 32.3. The number of hydrogen-bond donors (Lipinski definition) is 0. The van der Waals surface area contributed by atoms with Gasteiger partial charge in [-0.3, -0.25) is 0 Å². The second-order valence-electron chi connectivity index (χ2n) is 9.24. The van der Waals surface area contributed by atoms with Gasteiger partial charge >= 0.3 is 0 Å². The summed E-state index contributed by atoms with van der Waals surface area (Å²) in [6.07, 6.45) is 5.12. The van der Waals surface area contributed by atoms with Crippen LogP contribution in [0.3, 0.4) is 0 Å². The molecule has 25 heavy (non-hydrogen) atoms. The summed E-state index contributed by atoms with van der Waals surface area (Å²) in [6, 6.07) is 2.35. The Bertz CT molecular complexity index is 691. The topological polar surface area (TPSA) is 27.7 Å². The molecule has 3 nitrogen and oxygen atoms in total. The summed E-state index contributed by atoms with van der Waals surface area (Å²) in [4.78, 5) is 0. The average Bonchev–Trinajstić information content (AvgIpc) is 2.59. The van der Waals surface area contributed by atoms with Crippen molar-refractivity contribution in [2.75, 3.05) is 20.8 Å². The van der Waals surface area contributed by atoms with Crippen molar-refractivity contribution in [3.63, 3.8) is 0 Å². The Hall–Kier alpha value is -1.22. The van der Waals surface area contributed by atoms with E-state index < -0.39 is 0 Å². The van der Waals surface area contributed by atoms with Crippen LogP contribution in [0.25, 0.3) is 0 Å². The van der Waals surface area contributed by atoms with E-state index in [1.54, 1.807) is 14.2 Å². The fourth-order valence-electron chi connectivity index (χ4n) is 6.08. The van der Waals surface area contributed by atoms with Crippen LogP contribution in [-0.4, -0.2) is 20.8 Å². The molecule has 3 atom stereocenters. The Labute approximate surface area is 152 Å². The first-order valence-corrected chi connectivity index (χ1v) is 9.76. The van der Waals surface area contributed by atoms with Crippen molar-refractivity contribution in [1.82, 2.24) is 0 Å². The Morgan fingerprint density at radius 3 is 2.48 bits per heavy atom. The molecule has 1 saturated heterocycles. The standard InChI is InChI=1S/C22H32O3/c1-13(2)14-10-15-16-11-17-21(3,4)8-7-9-22(17,12-25-16)18(15)20(24-6)19(14)23-5/h10,13,16-17H,7-9,11-12H2,1-6H3/t16-,17-,22+/m0/s1. The third-order valence-corrected chi connectivity index (χ3v) is 7.22. The number of rotatable bonds is 3. The molecule has 138 valence electrons. The van der Waals surface area contributed by atoms with Gasteiger partial charge < -0.3 is 14.2 Å². The summed E-state index contributed by atoms with van der Waals surface area (Å²) in [5.41, 5.74) is 4.43. The summed E-state index contributed by atoms with van der Waals surface area (Å²) >= 11 is 0. The predicted octanol–water partition coefficient (Wildman–Crippen LogP) is 5.37. The summed E-state index contributed by atoms with van der Waals surface area (Å²) in [6.45, 7) is 10.2. The van der Waals surface area contributed by atoms with E-state index in [0.29, 0.717) is 17.3 Å². The minimum atomic E-state index is 0.0833. The molecule has 2 aliphatic carbocycles. The molecular weight excluding hydrogens is 312 g/mol. The lowest BCUT2D eigenvalue weighted by Crippen LogP contribution is -2.57. The zero-order valence-electron chi connectivity index (χ0n) is 16.6. The van der Waals surface area contributed by atoms with Crippen molar-refractivity contribution in [2.24, 2.45) is 11.3 Å². The van der Waals surface area contributed by atoms with Crippen LogP contribution in [0.5, 0.6) is 11.5 Å². The van der Waals surface area contributed by atoms with Crippen LogP contribution in [0.4, 0.5) is 0 Å². The van der Waals surface area contributed by atoms with E-state index in [-0.39, 0.29) is 11.5 Å². The number of methoxy groups -OCH3 is 2. The van der Waals surface area contributed by atoms with Crippen LogP contribution < -0.4 is 9.47 Å². The highest BCUT2D eigenvalue weighted by Gasteiger charge is 2.59. The maximum absolute atomic E-state index is 6.37. The number of ether oxygens (including phenoxy) is 3. The first-order chi connectivity index (χ1) is 11.9. The lowest BCUT2D eigenvalue weighted by molar-refractivity contribution is -0.137. The molecule has 1 spiro atoms. The molecule has 0 radical (unpaired) electrons. The van der Waals surface area contributed by atoms with Gasteiger partial charge in [-0.25, -0.2) is 0 Å². The molecule has 2 bridgehead atoms. The van der Waals surface area contributed by atoms with Crippen LogP contribution in [0, 0.1) is 11.3 Å². The molecule has 2 fully saturated rings. The Morgan fingerprint density at radius 1 is 1.12 bits per heavy atom. The molecule has 0 unspecified atom stereocenters. The predicted molar refractivity (Wildman–Crippen MR) is 99.7 cm³/mol. The van der Waals surface area contributed by atoms with Crippen LogP contribution in [0.1, 0.15) is 82.1 Å². The lowest BCUT2D eigenvalue weighted by atomic mass is 9.48. The van der Waals surface area contributed by atoms with Gasteiger partial charge in [0.05, 0.1) is 26.9 Å². The average molecular weight is 344 g/mol. The van der Waals surface area contributed by atoms with Crippen molar-refractivity contribution in [3.05, 3.63) is 22.8 Å². The van der Waals surface area contributed by atoms with Gasteiger partial charge in [-0.2, -0.15) is 0 Å². The summed E-state index contributed by atoms with van der Waals surface area (Å²) in [5.74, 6) is 2.95. The second kappa shape index (κ2) is 5.64.